The number of aromatic amines is 1. The average molecular weight is 438 g/mol. The fourth-order valence-corrected chi connectivity index (χ4v) is 5.16. The van der Waals surface area contributed by atoms with Crippen LogP contribution < -0.4 is 5.32 Å². The fraction of sp³-hybridized carbons (Fsp3) is 0.526. The topological polar surface area (TPSA) is 100 Å². The Bertz CT molecular complexity index is 1000. The van der Waals surface area contributed by atoms with E-state index in [9.17, 15) is 13.2 Å². The summed E-state index contributed by atoms with van der Waals surface area (Å²) in [6.07, 6.45) is 2.30. The molecule has 0 atom stereocenters. The maximum atomic E-state index is 12.8. The Balaban J connectivity index is 1.59. The molecule has 0 radical (unpaired) electrons. The summed E-state index contributed by atoms with van der Waals surface area (Å²) < 4.78 is 29.5. The van der Waals surface area contributed by atoms with Gasteiger partial charge >= 0.3 is 0 Å². The number of carbonyl (C=O) groups is 1. The molecule has 0 unspecified atom stereocenters. The number of piperidine rings is 1. The van der Waals surface area contributed by atoms with Crippen LogP contribution in [0.2, 0.25) is 0 Å². The Kier molecular flexibility index (Phi) is 6.86. The number of aromatic nitrogens is 3. The molecule has 0 aliphatic carbocycles. The third kappa shape index (κ3) is 4.93. The first-order valence-corrected chi connectivity index (χ1v) is 11.7. The highest BCUT2D eigenvalue weighted by Crippen LogP contribution is 2.23. The second kappa shape index (κ2) is 9.19. The zero-order chi connectivity index (χ0) is 21.0. The van der Waals surface area contributed by atoms with Gasteiger partial charge in [0.25, 0.3) is 5.91 Å². The first-order valence-electron chi connectivity index (χ1n) is 9.85. The van der Waals surface area contributed by atoms with Crippen LogP contribution in [0.3, 0.4) is 0 Å². The predicted molar refractivity (Wildman–Crippen MR) is 113 cm³/mol. The van der Waals surface area contributed by atoms with Crippen molar-refractivity contribution in [2.45, 2.75) is 44.6 Å². The normalized spacial score (nSPS) is 16.1. The molecular formula is C19H27N5O3S2. The smallest absolute Gasteiger partial charge is 0.251 e. The lowest BCUT2D eigenvalue weighted by Crippen LogP contribution is -2.37. The van der Waals surface area contributed by atoms with Crippen LogP contribution in [0.15, 0.2) is 29.2 Å². The van der Waals surface area contributed by atoms with Crippen LogP contribution in [0.1, 0.15) is 42.9 Å². The lowest BCUT2D eigenvalue weighted by Gasteiger charge is -2.29. The number of benzene rings is 1. The van der Waals surface area contributed by atoms with Crippen molar-refractivity contribution < 1.29 is 13.2 Å². The van der Waals surface area contributed by atoms with E-state index in [2.05, 4.69) is 22.4 Å². The molecule has 0 saturated carbocycles. The minimum atomic E-state index is -3.51. The van der Waals surface area contributed by atoms with Gasteiger partial charge in [-0.15, -0.1) is 0 Å². The highest BCUT2D eigenvalue weighted by Gasteiger charge is 2.28. The molecule has 1 fully saturated rings. The number of sulfonamides is 1. The second-order valence-electron chi connectivity index (χ2n) is 7.31. The Hall–Kier alpha value is -2.04. The standard InChI is InChI=1S/C19H27N5O3S2/c1-3-24-17(21-22-19(24)28)8-11-20-18(25)15-4-6-16(7-5-15)29(26,27)23-12-9-14(2)10-13-23/h4-7,14H,3,8-13H2,1-2H3,(H,20,25)(H,22,28). The molecular weight excluding hydrogens is 410 g/mol. The maximum Gasteiger partial charge on any atom is 0.251 e. The van der Waals surface area contributed by atoms with Gasteiger partial charge in [-0.25, -0.2) is 8.42 Å². The average Bonchev–Trinajstić information content (AvgIpc) is 3.07. The number of carbonyl (C=O) groups excluding carboxylic acids is 1. The molecule has 1 aromatic carbocycles. The van der Waals surface area contributed by atoms with Crippen molar-refractivity contribution in [1.29, 1.82) is 0 Å². The lowest BCUT2D eigenvalue weighted by molar-refractivity contribution is 0.0953. The van der Waals surface area contributed by atoms with Crippen LogP contribution in [0.5, 0.6) is 0 Å². The minimum absolute atomic E-state index is 0.224. The van der Waals surface area contributed by atoms with Gasteiger partial charge in [-0.05, 0) is 62.2 Å². The van der Waals surface area contributed by atoms with Crippen LogP contribution in [-0.4, -0.2) is 53.0 Å². The number of H-pyrrole nitrogens is 1. The number of nitrogens with zero attached hydrogens (tertiary/aromatic N) is 3. The minimum Gasteiger partial charge on any atom is -0.352 e. The summed E-state index contributed by atoms with van der Waals surface area (Å²) >= 11 is 5.15. The molecule has 10 heteroatoms. The number of rotatable bonds is 7. The van der Waals surface area contributed by atoms with E-state index in [1.807, 2.05) is 11.5 Å². The maximum absolute atomic E-state index is 12.8. The van der Waals surface area contributed by atoms with Gasteiger partial charge in [0.15, 0.2) is 4.77 Å². The van der Waals surface area contributed by atoms with Gasteiger partial charge < -0.3 is 9.88 Å². The van der Waals surface area contributed by atoms with E-state index in [-0.39, 0.29) is 10.8 Å². The molecule has 2 heterocycles. The van der Waals surface area contributed by atoms with Gasteiger partial charge in [0.1, 0.15) is 5.82 Å². The van der Waals surface area contributed by atoms with Crippen LogP contribution >= 0.6 is 12.2 Å². The summed E-state index contributed by atoms with van der Waals surface area (Å²) in [7, 11) is -3.51. The Morgan fingerprint density at radius 3 is 2.55 bits per heavy atom. The molecule has 29 heavy (non-hydrogen) atoms. The van der Waals surface area contributed by atoms with E-state index < -0.39 is 10.0 Å². The monoisotopic (exact) mass is 437 g/mol. The van der Waals surface area contributed by atoms with E-state index >= 15 is 0 Å². The second-order valence-corrected chi connectivity index (χ2v) is 9.63. The third-order valence-corrected chi connectivity index (χ3v) is 7.51. The van der Waals surface area contributed by atoms with Crippen LogP contribution in [-0.2, 0) is 23.0 Å². The first-order chi connectivity index (χ1) is 13.8. The molecule has 1 aliphatic heterocycles. The van der Waals surface area contributed by atoms with Crippen molar-refractivity contribution in [3.8, 4) is 0 Å². The third-order valence-electron chi connectivity index (χ3n) is 5.28. The predicted octanol–water partition coefficient (Wildman–Crippen LogP) is 2.35. The van der Waals surface area contributed by atoms with Crippen molar-refractivity contribution in [3.63, 3.8) is 0 Å². The molecule has 158 valence electrons. The van der Waals surface area contributed by atoms with Crippen molar-refractivity contribution >= 4 is 28.1 Å². The van der Waals surface area contributed by atoms with Crippen molar-refractivity contribution in [1.82, 2.24) is 24.4 Å². The molecule has 1 amide bonds. The Labute approximate surface area is 176 Å². The van der Waals surface area contributed by atoms with E-state index in [1.54, 1.807) is 12.1 Å². The summed E-state index contributed by atoms with van der Waals surface area (Å²) in [5.74, 6) is 1.09. The first kappa shape index (κ1) is 21.7. The molecule has 1 aliphatic rings. The molecule has 1 saturated heterocycles. The zero-order valence-electron chi connectivity index (χ0n) is 16.7. The number of amides is 1. The van der Waals surface area contributed by atoms with E-state index in [1.165, 1.54) is 16.4 Å². The largest absolute Gasteiger partial charge is 0.352 e. The van der Waals surface area contributed by atoms with Crippen molar-refractivity contribution in [2.75, 3.05) is 19.6 Å². The lowest BCUT2D eigenvalue weighted by atomic mass is 10.0. The molecule has 8 nitrogen and oxygen atoms in total. The SMILES string of the molecule is CCn1c(CCNC(=O)c2ccc(S(=O)(=O)N3CCC(C)CC3)cc2)n[nH]c1=S. The Morgan fingerprint density at radius 2 is 1.93 bits per heavy atom. The number of hydrogen-bond donors (Lipinski definition) is 2. The van der Waals surface area contributed by atoms with Crippen LogP contribution in [0, 0.1) is 10.7 Å². The summed E-state index contributed by atoms with van der Waals surface area (Å²) in [6, 6.07) is 6.11. The van der Waals surface area contributed by atoms with Gasteiger partial charge in [-0.3, -0.25) is 9.89 Å². The van der Waals surface area contributed by atoms with Crippen LogP contribution in [0.25, 0.3) is 0 Å². The van der Waals surface area contributed by atoms with Gasteiger partial charge in [0, 0.05) is 38.2 Å². The molecule has 2 N–H and O–H groups in total. The van der Waals surface area contributed by atoms with Gasteiger partial charge in [0.05, 0.1) is 4.90 Å². The highest BCUT2D eigenvalue weighted by molar-refractivity contribution is 7.89. The van der Waals surface area contributed by atoms with Crippen LogP contribution in [0.4, 0.5) is 0 Å². The zero-order valence-corrected chi connectivity index (χ0v) is 18.4. The summed E-state index contributed by atoms with van der Waals surface area (Å²) in [5, 5.41) is 9.75. The summed E-state index contributed by atoms with van der Waals surface area (Å²) in [5.41, 5.74) is 0.422. The highest BCUT2D eigenvalue weighted by atomic mass is 32.2. The molecule has 0 bridgehead atoms. The van der Waals surface area contributed by atoms with E-state index in [0.717, 1.165) is 18.7 Å². The molecule has 3 rings (SSSR count). The number of nitrogens with one attached hydrogen (secondary N) is 2. The fourth-order valence-electron chi connectivity index (χ4n) is 3.41. The van der Waals surface area contributed by atoms with Gasteiger partial charge in [-0.1, -0.05) is 6.92 Å². The molecule has 0 spiro atoms. The quantitative estimate of drug-likeness (QED) is 0.648. The van der Waals surface area contributed by atoms with E-state index in [0.29, 0.717) is 48.9 Å². The van der Waals surface area contributed by atoms with Gasteiger partial charge in [0.2, 0.25) is 10.0 Å². The van der Waals surface area contributed by atoms with Crippen molar-refractivity contribution in [3.05, 3.63) is 40.4 Å². The number of hydrogen-bond acceptors (Lipinski definition) is 5. The van der Waals surface area contributed by atoms with Crippen molar-refractivity contribution in [2.24, 2.45) is 5.92 Å². The Morgan fingerprint density at radius 1 is 1.28 bits per heavy atom. The molecule has 2 aromatic rings. The van der Waals surface area contributed by atoms with E-state index in [4.69, 9.17) is 12.2 Å². The summed E-state index contributed by atoms with van der Waals surface area (Å²) in [6.45, 7) is 6.33. The van der Waals surface area contributed by atoms with Gasteiger partial charge in [-0.2, -0.15) is 9.40 Å². The summed E-state index contributed by atoms with van der Waals surface area (Å²) in [4.78, 5) is 12.6. The molecule has 1 aromatic heterocycles.